The van der Waals surface area contributed by atoms with Crippen LogP contribution in [0.5, 0.6) is 0 Å². The standard InChI is InChI=1S/C10H19N3O/c1-6(2)9-12-10(14-13-9)7(3)8(4)11-5/h6-8,11H,1-5H3. The molecule has 0 bridgehead atoms. The van der Waals surface area contributed by atoms with Gasteiger partial charge in [-0.25, -0.2) is 0 Å². The summed E-state index contributed by atoms with van der Waals surface area (Å²) in [7, 11) is 1.93. The molecule has 1 aromatic heterocycles. The summed E-state index contributed by atoms with van der Waals surface area (Å²) in [5.41, 5.74) is 0. The summed E-state index contributed by atoms with van der Waals surface area (Å²) < 4.78 is 5.21. The number of hydrogen-bond acceptors (Lipinski definition) is 4. The second kappa shape index (κ2) is 4.55. The van der Waals surface area contributed by atoms with E-state index in [1.165, 1.54) is 0 Å². The van der Waals surface area contributed by atoms with Crippen LogP contribution in [0.15, 0.2) is 4.52 Å². The Morgan fingerprint density at radius 3 is 2.29 bits per heavy atom. The van der Waals surface area contributed by atoms with Crippen LogP contribution in [0.3, 0.4) is 0 Å². The number of likely N-dealkylation sites (N-methyl/N-ethyl adjacent to an activating group) is 1. The number of rotatable bonds is 4. The maximum Gasteiger partial charge on any atom is 0.231 e. The van der Waals surface area contributed by atoms with Gasteiger partial charge in [0.25, 0.3) is 0 Å². The Morgan fingerprint density at radius 1 is 1.21 bits per heavy atom. The highest BCUT2D eigenvalue weighted by Crippen LogP contribution is 2.19. The highest BCUT2D eigenvalue weighted by atomic mass is 16.5. The number of aromatic nitrogens is 2. The molecule has 4 heteroatoms. The zero-order valence-electron chi connectivity index (χ0n) is 9.53. The second-order valence-electron chi connectivity index (χ2n) is 4.01. The molecule has 80 valence electrons. The topological polar surface area (TPSA) is 51.0 Å². The van der Waals surface area contributed by atoms with Crippen LogP contribution >= 0.6 is 0 Å². The Bertz CT molecular complexity index is 283. The molecule has 0 radical (unpaired) electrons. The molecular formula is C10H19N3O. The molecule has 1 heterocycles. The summed E-state index contributed by atoms with van der Waals surface area (Å²) in [4.78, 5) is 4.36. The van der Waals surface area contributed by atoms with Crippen molar-refractivity contribution in [1.29, 1.82) is 0 Å². The molecule has 0 aliphatic rings. The minimum absolute atomic E-state index is 0.250. The van der Waals surface area contributed by atoms with Gasteiger partial charge in [-0.3, -0.25) is 0 Å². The fourth-order valence-corrected chi connectivity index (χ4v) is 1.13. The molecule has 2 unspecified atom stereocenters. The maximum atomic E-state index is 5.21. The normalized spacial score (nSPS) is 15.9. The van der Waals surface area contributed by atoms with E-state index in [9.17, 15) is 0 Å². The molecule has 0 spiro atoms. The van der Waals surface area contributed by atoms with E-state index in [4.69, 9.17) is 4.52 Å². The molecular weight excluding hydrogens is 178 g/mol. The third kappa shape index (κ3) is 2.32. The van der Waals surface area contributed by atoms with Crippen LogP contribution in [-0.4, -0.2) is 23.2 Å². The van der Waals surface area contributed by atoms with Gasteiger partial charge in [0.05, 0.1) is 5.92 Å². The van der Waals surface area contributed by atoms with Crippen molar-refractivity contribution >= 4 is 0 Å². The molecule has 1 rings (SSSR count). The molecule has 1 aromatic rings. The molecule has 0 aromatic carbocycles. The van der Waals surface area contributed by atoms with E-state index in [-0.39, 0.29) is 5.92 Å². The van der Waals surface area contributed by atoms with Crippen LogP contribution in [0.4, 0.5) is 0 Å². The lowest BCUT2D eigenvalue weighted by Gasteiger charge is -2.14. The van der Waals surface area contributed by atoms with Gasteiger partial charge in [-0.15, -0.1) is 0 Å². The predicted octanol–water partition coefficient (Wildman–Crippen LogP) is 1.90. The van der Waals surface area contributed by atoms with Gasteiger partial charge in [0.2, 0.25) is 5.89 Å². The van der Waals surface area contributed by atoms with Crippen molar-refractivity contribution in [3.8, 4) is 0 Å². The Hall–Kier alpha value is -0.900. The third-order valence-corrected chi connectivity index (χ3v) is 2.57. The first-order valence-corrected chi connectivity index (χ1v) is 5.07. The molecule has 14 heavy (non-hydrogen) atoms. The average Bonchev–Trinajstić information content (AvgIpc) is 2.64. The molecule has 4 nitrogen and oxygen atoms in total. The fraction of sp³-hybridized carbons (Fsp3) is 0.800. The van der Waals surface area contributed by atoms with Crippen molar-refractivity contribution in [2.75, 3.05) is 7.05 Å². The zero-order chi connectivity index (χ0) is 10.7. The van der Waals surface area contributed by atoms with Gasteiger partial charge in [-0.05, 0) is 14.0 Å². The summed E-state index contributed by atoms with van der Waals surface area (Å²) in [5.74, 6) is 2.08. The van der Waals surface area contributed by atoms with Gasteiger partial charge in [0, 0.05) is 12.0 Å². The largest absolute Gasteiger partial charge is 0.339 e. The quantitative estimate of drug-likeness (QED) is 0.801. The van der Waals surface area contributed by atoms with Crippen LogP contribution in [0.1, 0.15) is 51.2 Å². The van der Waals surface area contributed by atoms with Gasteiger partial charge in [0.15, 0.2) is 5.82 Å². The van der Waals surface area contributed by atoms with Gasteiger partial charge >= 0.3 is 0 Å². The Morgan fingerprint density at radius 2 is 1.86 bits per heavy atom. The van der Waals surface area contributed by atoms with E-state index >= 15 is 0 Å². The van der Waals surface area contributed by atoms with Crippen molar-refractivity contribution in [2.24, 2.45) is 0 Å². The van der Waals surface area contributed by atoms with Gasteiger partial charge in [-0.1, -0.05) is 25.9 Å². The first kappa shape index (κ1) is 11.2. The molecule has 2 atom stereocenters. The Kier molecular flexibility index (Phi) is 3.63. The van der Waals surface area contributed by atoms with Crippen molar-refractivity contribution in [2.45, 2.75) is 45.6 Å². The summed E-state index contributed by atoms with van der Waals surface area (Å²) in [5, 5.41) is 7.11. The lowest BCUT2D eigenvalue weighted by Crippen LogP contribution is -2.27. The average molecular weight is 197 g/mol. The molecule has 0 aliphatic carbocycles. The molecule has 0 aliphatic heterocycles. The zero-order valence-corrected chi connectivity index (χ0v) is 9.53. The van der Waals surface area contributed by atoms with Crippen LogP contribution < -0.4 is 5.32 Å². The van der Waals surface area contributed by atoms with Crippen molar-refractivity contribution in [1.82, 2.24) is 15.5 Å². The second-order valence-corrected chi connectivity index (χ2v) is 4.01. The van der Waals surface area contributed by atoms with E-state index in [1.54, 1.807) is 0 Å². The predicted molar refractivity (Wildman–Crippen MR) is 55.3 cm³/mol. The lowest BCUT2D eigenvalue weighted by atomic mass is 10.0. The van der Waals surface area contributed by atoms with Crippen LogP contribution in [0.25, 0.3) is 0 Å². The lowest BCUT2D eigenvalue weighted by molar-refractivity contribution is 0.332. The van der Waals surface area contributed by atoms with Crippen LogP contribution in [-0.2, 0) is 0 Å². The molecule has 0 amide bonds. The summed E-state index contributed by atoms with van der Waals surface area (Å²) in [6, 6.07) is 0.343. The SMILES string of the molecule is CNC(C)C(C)c1nc(C(C)C)no1. The summed E-state index contributed by atoms with van der Waals surface area (Å²) in [6.07, 6.45) is 0. The monoisotopic (exact) mass is 197 g/mol. The van der Waals surface area contributed by atoms with Crippen LogP contribution in [0, 0.1) is 0 Å². The summed E-state index contributed by atoms with van der Waals surface area (Å²) in [6.45, 7) is 8.30. The molecule has 0 saturated carbocycles. The third-order valence-electron chi connectivity index (χ3n) is 2.57. The fourth-order valence-electron chi connectivity index (χ4n) is 1.13. The Labute approximate surface area is 85.1 Å². The first-order chi connectivity index (χ1) is 6.56. The van der Waals surface area contributed by atoms with E-state index in [1.807, 2.05) is 7.05 Å². The van der Waals surface area contributed by atoms with E-state index in [2.05, 4.69) is 43.2 Å². The van der Waals surface area contributed by atoms with Crippen molar-refractivity contribution < 1.29 is 4.52 Å². The van der Waals surface area contributed by atoms with Gasteiger partial charge in [-0.2, -0.15) is 4.98 Å². The number of nitrogens with zero attached hydrogens (tertiary/aromatic N) is 2. The highest BCUT2D eigenvalue weighted by Gasteiger charge is 2.20. The van der Waals surface area contributed by atoms with Gasteiger partial charge < -0.3 is 9.84 Å². The van der Waals surface area contributed by atoms with Crippen molar-refractivity contribution in [3.63, 3.8) is 0 Å². The van der Waals surface area contributed by atoms with Crippen molar-refractivity contribution in [3.05, 3.63) is 11.7 Å². The molecule has 0 fully saturated rings. The minimum Gasteiger partial charge on any atom is -0.339 e. The Balaban J connectivity index is 2.76. The van der Waals surface area contributed by atoms with E-state index in [0.717, 1.165) is 11.7 Å². The van der Waals surface area contributed by atoms with E-state index < -0.39 is 0 Å². The first-order valence-electron chi connectivity index (χ1n) is 5.07. The molecule has 1 N–H and O–H groups in total. The summed E-state index contributed by atoms with van der Waals surface area (Å²) >= 11 is 0. The molecule has 0 saturated heterocycles. The number of nitrogens with one attached hydrogen (secondary N) is 1. The van der Waals surface area contributed by atoms with Crippen LogP contribution in [0.2, 0.25) is 0 Å². The number of hydrogen-bond donors (Lipinski definition) is 1. The maximum absolute atomic E-state index is 5.21. The smallest absolute Gasteiger partial charge is 0.231 e. The van der Waals surface area contributed by atoms with Gasteiger partial charge in [0.1, 0.15) is 0 Å². The van der Waals surface area contributed by atoms with E-state index in [0.29, 0.717) is 12.0 Å². The highest BCUT2D eigenvalue weighted by molar-refractivity contribution is 4.98. The minimum atomic E-state index is 0.250.